The Labute approximate surface area is 124 Å². The van der Waals surface area contributed by atoms with Crippen LogP contribution in [0.25, 0.3) is 0 Å². The van der Waals surface area contributed by atoms with Gasteiger partial charge < -0.3 is 0 Å². The Hall–Kier alpha value is 0.930. The first-order chi connectivity index (χ1) is 4.52. The summed E-state index contributed by atoms with van der Waals surface area (Å²) in [7, 11) is 0. The Morgan fingerprint density at radius 1 is 1.00 bits per heavy atom. The van der Waals surface area contributed by atoms with E-state index < -0.39 is 17.0 Å². The summed E-state index contributed by atoms with van der Waals surface area (Å²) < 4.78 is 0. The molecular formula is C4H6La2NO5+. The number of rotatable bonds is 2. The smallest absolute Gasteiger partial charge is 0.244 e. The Morgan fingerprint density at radius 3 is 1.42 bits per heavy atom. The molecule has 0 aromatic rings. The molecule has 62 valence electrons. The quantitative estimate of drug-likeness (QED) is 0.569. The molecule has 0 aromatic carbocycles. The predicted octanol–water partition coefficient (Wildman–Crippen LogP) is -0.278. The van der Waals surface area contributed by atoms with E-state index in [2.05, 4.69) is 9.68 Å². The third-order valence-corrected chi connectivity index (χ3v) is 0.406. The SMILES string of the molecule is CC(=O)O[N+](=O)OC(C)=O.[La].[La]. The van der Waals surface area contributed by atoms with Crippen LogP contribution in [0.3, 0.4) is 0 Å². The average Bonchev–Trinajstić information content (AvgIpc) is 1.58. The van der Waals surface area contributed by atoms with Crippen molar-refractivity contribution in [3.8, 4) is 0 Å². The fourth-order valence-corrected chi connectivity index (χ4v) is 0.229. The van der Waals surface area contributed by atoms with Crippen molar-refractivity contribution >= 4 is 11.9 Å². The molecule has 8 heteroatoms. The Balaban J connectivity index is -0.000000405. The summed E-state index contributed by atoms with van der Waals surface area (Å²) in [5.41, 5.74) is 0. The maximum absolute atomic E-state index is 10.1. The molecule has 0 aliphatic heterocycles. The first-order valence-electron chi connectivity index (χ1n) is 2.36. The molecule has 6 nitrogen and oxygen atoms in total. The minimum Gasteiger partial charge on any atom is -0.244 e. The van der Waals surface area contributed by atoms with E-state index in [1.165, 1.54) is 0 Å². The molecule has 0 saturated heterocycles. The van der Waals surface area contributed by atoms with Gasteiger partial charge in [0, 0.05) is 85.0 Å². The van der Waals surface area contributed by atoms with E-state index in [0.29, 0.717) is 0 Å². The monoisotopic (exact) mass is 426 g/mol. The van der Waals surface area contributed by atoms with E-state index in [1.54, 1.807) is 0 Å². The molecule has 0 amide bonds. The van der Waals surface area contributed by atoms with E-state index in [0.717, 1.165) is 13.8 Å². The first kappa shape index (κ1) is 18.7. The van der Waals surface area contributed by atoms with Crippen LogP contribution >= 0.6 is 0 Å². The van der Waals surface area contributed by atoms with Gasteiger partial charge >= 0.3 is 17.0 Å². The van der Waals surface area contributed by atoms with Gasteiger partial charge in [0.15, 0.2) is 0 Å². The third kappa shape index (κ3) is 13.5. The molecular weight excluding hydrogens is 420 g/mol. The molecule has 0 saturated carbocycles. The van der Waals surface area contributed by atoms with Gasteiger partial charge in [-0.1, -0.05) is 0 Å². The fourth-order valence-electron chi connectivity index (χ4n) is 0.229. The number of hydrogen-bond acceptors (Lipinski definition) is 5. The standard InChI is InChI=1S/C4H6NO5.2La/c1-3(6)9-5(8)10-4(2)7;;/h1-2H3;;/q+1;;. The normalized spacial score (nSPS) is 6.83. The zero-order chi connectivity index (χ0) is 8.15. The van der Waals surface area contributed by atoms with E-state index in [4.69, 9.17) is 0 Å². The van der Waals surface area contributed by atoms with E-state index in [1.807, 2.05) is 0 Å². The van der Waals surface area contributed by atoms with Gasteiger partial charge in [0.05, 0.1) is 0 Å². The third-order valence-electron chi connectivity index (χ3n) is 0.406. The summed E-state index contributed by atoms with van der Waals surface area (Å²) in [5.74, 6) is -1.70. The first-order valence-corrected chi connectivity index (χ1v) is 2.36. The zero-order valence-corrected chi connectivity index (χ0v) is 13.9. The molecule has 12 heavy (non-hydrogen) atoms. The van der Waals surface area contributed by atoms with Crippen molar-refractivity contribution in [1.29, 1.82) is 0 Å². The Bertz CT molecular complexity index is 164. The van der Waals surface area contributed by atoms with E-state index >= 15 is 0 Å². The molecule has 0 aromatic heterocycles. The minimum absolute atomic E-state index is 0. The van der Waals surface area contributed by atoms with Gasteiger partial charge in [-0.05, 0) is 0 Å². The summed E-state index contributed by atoms with van der Waals surface area (Å²) in [6.45, 7) is 2.02. The molecule has 0 aliphatic rings. The topological polar surface area (TPSA) is 72.7 Å². The van der Waals surface area contributed by atoms with Crippen molar-refractivity contribution in [3.05, 3.63) is 4.91 Å². The molecule has 0 atom stereocenters. The molecule has 0 N–H and O–H groups in total. The van der Waals surface area contributed by atoms with Gasteiger partial charge in [0.2, 0.25) is 0 Å². The molecule has 0 spiro atoms. The summed E-state index contributed by atoms with van der Waals surface area (Å²) in [6, 6.07) is 0. The fraction of sp³-hybridized carbons (Fsp3) is 0.500. The van der Waals surface area contributed by atoms with Crippen LogP contribution in [-0.4, -0.2) is 17.0 Å². The van der Waals surface area contributed by atoms with Crippen molar-refractivity contribution in [3.63, 3.8) is 0 Å². The second-order valence-corrected chi connectivity index (χ2v) is 1.39. The number of carbonyl (C=O) groups is 2. The van der Waals surface area contributed by atoms with E-state index in [9.17, 15) is 14.5 Å². The Morgan fingerprint density at radius 2 is 1.25 bits per heavy atom. The maximum Gasteiger partial charge on any atom is 0.495 e. The van der Waals surface area contributed by atoms with Crippen LogP contribution in [0.15, 0.2) is 0 Å². The molecule has 0 bridgehead atoms. The van der Waals surface area contributed by atoms with Crippen LogP contribution in [0.5, 0.6) is 0 Å². The average molecular weight is 426 g/mol. The van der Waals surface area contributed by atoms with Crippen LogP contribution in [0.1, 0.15) is 13.8 Å². The molecule has 0 aliphatic carbocycles. The molecule has 0 rings (SSSR count). The zero-order valence-electron chi connectivity index (χ0n) is 6.64. The van der Waals surface area contributed by atoms with Gasteiger partial charge in [-0.3, -0.25) is 0 Å². The second-order valence-electron chi connectivity index (χ2n) is 1.39. The second kappa shape index (κ2) is 10.0. The molecule has 2 radical (unpaired) electrons. The van der Waals surface area contributed by atoms with E-state index in [-0.39, 0.29) is 71.2 Å². The Kier molecular flexibility index (Phi) is 15.6. The van der Waals surface area contributed by atoms with Crippen LogP contribution in [0.4, 0.5) is 0 Å². The van der Waals surface area contributed by atoms with Gasteiger partial charge in [-0.25, -0.2) is 9.59 Å². The maximum atomic E-state index is 10.1. The summed E-state index contributed by atoms with van der Waals surface area (Å²) in [5, 5.41) is -0.551. The molecule has 0 heterocycles. The summed E-state index contributed by atoms with van der Waals surface area (Å²) in [4.78, 5) is 37.6. The van der Waals surface area contributed by atoms with Crippen LogP contribution in [0, 0.1) is 76.1 Å². The van der Waals surface area contributed by atoms with Gasteiger partial charge in [-0.15, -0.1) is 9.68 Å². The summed E-state index contributed by atoms with van der Waals surface area (Å²) >= 11 is 0. The number of carbonyl (C=O) groups excluding carboxylic acids is 2. The van der Waals surface area contributed by atoms with Crippen molar-refractivity contribution in [2.75, 3.05) is 0 Å². The van der Waals surface area contributed by atoms with Crippen LogP contribution in [0.2, 0.25) is 0 Å². The van der Waals surface area contributed by atoms with Crippen molar-refractivity contribution in [2.24, 2.45) is 0 Å². The minimum atomic E-state index is -0.851. The predicted molar refractivity (Wildman–Crippen MR) is 27.2 cm³/mol. The van der Waals surface area contributed by atoms with Crippen LogP contribution < -0.4 is 0 Å². The number of hydrogen-bond donors (Lipinski definition) is 0. The summed E-state index contributed by atoms with van der Waals surface area (Å²) in [6.07, 6.45) is 0. The van der Waals surface area contributed by atoms with Crippen molar-refractivity contribution < 1.29 is 95.5 Å². The van der Waals surface area contributed by atoms with Crippen molar-refractivity contribution in [2.45, 2.75) is 13.8 Å². The molecule has 0 fully saturated rings. The van der Waals surface area contributed by atoms with Crippen LogP contribution in [-0.2, 0) is 19.3 Å². The largest absolute Gasteiger partial charge is 0.495 e. The molecule has 0 unspecified atom stereocenters. The van der Waals surface area contributed by atoms with Gasteiger partial charge in [0.1, 0.15) is 4.91 Å². The number of nitrogens with zero attached hydrogens (tertiary/aromatic N) is 1. The van der Waals surface area contributed by atoms with Gasteiger partial charge in [-0.2, -0.15) is 0 Å². The van der Waals surface area contributed by atoms with Crippen molar-refractivity contribution in [1.82, 2.24) is 0 Å². The van der Waals surface area contributed by atoms with Gasteiger partial charge in [0.25, 0.3) is 0 Å².